The van der Waals surface area contributed by atoms with Gasteiger partial charge < -0.3 is 5.73 Å². The number of nitriles is 2. The summed E-state index contributed by atoms with van der Waals surface area (Å²) in [5, 5.41) is 18.1. The Morgan fingerprint density at radius 1 is 0.846 bits per heavy atom. The van der Waals surface area contributed by atoms with Crippen molar-refractivity contribution in [3.05, 3.63) is 94.5 Å². The Balaban J connectivity index is 2.06. The minimum absolute atomic E-state index is 0.415. The fraction of sp³-hybridized carbons (Fsp3) is 0.0455. The van der Waals surface area contributed by atoms with E-state index < -0.39 is 5.91 Å². The Morgan fingerprint density at radius 3 is 2.15 bits per heavy atom. The summed E-state index contributed by atoms with van der Waals surface area (Å²) in [7, 11) is 0. The van der Waals surface area contributed by atoms with E-state index in [-0.39, 0.29) is 0 Å². The number of hydrogen-bond acceptors (Lipinski definition) is 3. The molecule has 3 aromatic carbocycles. The first-order valence-corrected chi connectivity index (χ1v) is 8.03. The molecule has 2 N–H and O–H groups in total. The predicted octanol–water partition coefficient (Wildman–Crippen LogP) is 3.79. The Bertz CT molecular complexity index is 1050. The monoisotopic (exact) mass is 337 g/mol. The van der Waals surface area contributed by atoms with Crippen LogP contribution in [0.4, 0.5) is 0 Å². The van der Waals surface area contributed by atoms with Gasteiger partial charge in [0.15, 0.2) is 0 Å². The first-order chi connectivity index (χ1) is 12.6. The molecule has 0 atom stereocenters. The van der Waals surface area contributed by atoms with Crippen molar-refractivity contribution < 1.29 is 4.79 Å². The minimum Gasteiger partial charge on any atom is -0.366 e. The maximum absolute atomic E-state index is 11.7. The van der Waals surface area contributed by atoms with Crippen LogP contribution in [0.1, 0.15) is 32.6 Å². The largest absolute Gasteiger partial charge is 0.366 e. The molecule has 0 spiro atoms. The smallest absolute Gasteiger partial charge is 0.248 e. The second-order valence-corrected chi connectivity index (χ2v) is 5.87. The lowest BCUT2D eigenvalue weighted by Gasteiger charge is -2.12. The number of carbonyl (C=O) groups is 1. The molecule has 0 saturated heterocycles. The van der Waals surface area contributed by atoms with Gasteiger partial charge in [0.2, 0.25) is 5.91 Å². The van der Waals surface area contributed by atoms with Gasteiger partial charge in [-0.1, -0.05) is 36.4 Å². The van der Waals surface area contributed by atoms with Gasteiger partial charge in [0.1, 0.15) is 0 Å². The summed E-state index contributed by atoms with van der Waals surface area (Å²) in [4.78, 5) is 11.7. The summed E-state index contributed by atoms with van der Waals surface area (Å²) in [6.45, 7) is 0. The number of nitrogens with zero attached hydrogens (tertiary/aromatic N) is 2. The van der Waals surface area contributed by atoms with Gasteiger partial charge in [-0.2, -0.15) is 10.5 Å². The highest BCUT2D eigenvalue weighted by Gasteiger charge is 2.12. The number of rotatable bonds is 4. The highest BCUT2D eigenvalue weighted by Crippen LogP contribution is 2.27. The van der Waals surface area contributed by atoms with Gasteiger partial charge in [-0.05, 0) is 59.0 Å². The van der Waals surface area contributed by atoms with Gasteiger partial charge in [0.05, 0.1) is 23.3 Å². The van der Waals surface area contributed by atoms with Gasteiger partial charge >= 0.3 is 0 Å². The van der Waals surface area contributed by atoms with E-state index in [1.165, 1.54) is 0 Å². The van der Waals surface area contributed by atoms with Crippen molar-refractivity contribution in [2.45, 2.75) is 6.42 Å². The topological polar surface area (TPSA) is 90.7 Å². The van der Waals surface area contributed by atoms with Crippen molar-refractivity contribution in [1.82, 2.24) is 0 Å². The third-order valence-electron chi connectivity index (χ3n) is 4.22. The predicted molar refractivity (Wildman–Crippen MR) is 99.1 cm³/mol. The van der Waals surface area contributed by atoms with E-state index in [0.717, 1.165) is 22.3 Å². The molecule has 0 unspecified atom stereocenters. The second-order valence-electron chi connectivity index (χ2n) is 5.87. The average molecular weight is 337 g/mol. The number of primary amides is 1. The molecule has 3 aromatic rings. The molecule has 0 aliphatic carbocycles. The van der Waals surface area contributed by atoms with Crippen molar-refractivity contribution in [2.75, 3.05) is 0 Å². The van der Waals surface area contributed by atoms with Crippen molar-refractivity contribution in [3.63, 3.8) is 0 Å². The van der Waals surface area contributed by atoms with E-state index in [1.807, 2.05) is 36.4 Å². The molecule has 1 amide bonds. The normalized spacial score (nSPS) is 9.92. The van der Waals surface area contributed by atoms with Crippen molar-refractivity contribution in [2.24, 2.45) is 5.73 Å². The van der Waals surface area contributed by atoms with Crippen LogP contribution in [0, 0.1) is 22.7 Å². The summed E-state index contributed by atoms with van der Waals surface area (Å²) < 4.78 is 0. The number of amides is 1. The Kier molecular flexibility index (Phi) is 4.78. The first kappa shape index (κ1) is 17.0. The van der Waals surface area contributed by atoms with Gasteiger partial charge in [-0.3, -0.25) is 4.79 Å². The molecule has 0 bridgehead atoms. The lowest BCUT2D eigenvalue weighted by Crippen LogP contribution is -2.14. The van der Waals surface area contributed by atoms with Crippen LogP contribution in [-0.2, 0) is 6.42 Å². The molecule has 0 saturated carbocycles. The van der Waals surface area contributed by atoms with E-state index in [2.05, 4.69) is 12.1 Å². The fourth-order valence-electron chi connectivity index (χ4n) is 2.94. The summed E-state index contributed by atoms with van der Waals surface area (Å²) >= 11 is 0. The SMILES string of the molecule is N#Cc1ccc(-c2ccccc2Cc2cc(C#N)ccc2C(N)=O)cc1. The van der Waals surface area contributed by atoms with Gasteiger partial charge in [0.25, 0.3) is 0 Å². The highest BCUT2D eigenvalue weighted by molar-refractivity contribution is 5.94. The molecule has 4 heteroatoms. The number of carbonyl (C=O) groups excluding carboxylic acids is 1. The van der Waals surface area contributed by atoms with E-state index in [9.17, 15) is 4.79 Å². The van der Waals surface area contributed by atoms with Crippen LogP contribution in [0.15, 0.2) is 66.7 Å². The standard InChI is InChI=1S/C22H15N3O/c23-13-15-5-8-17(9-6-15)20-4-2-1-3-18(20)12-19-11-16(14-24)7-10-21(19)22(25)26/h1-11H,12H2,(H2,25,26). The highest BCUT2D eigenvalue weighted by atomic mass is 16.1. The lowest BCUT2D eigenvalue weighted by atomic mass is 9.92. The van der Waals surface area contributed by atoms with Crippen molar-refractivity contribution in [3.8, 4) is 23.3 Å². The zero-order valence-corrected chi connectivity index (χ0v) is 13.9. The van der Waals surface area contributed by atoms with Crippen LogP contribution in [0.25, 0.3) is 11.1 Å². The summed E-state index contributed by atoms with van der Waals surface area (Å²) in [5.41, 5.74) is 10.7. The molecule has 26 heavy (non-hydrogen) atoms. The molecular formula is C22H15N3O. The second kappa shape index (κ2) is 7.34. The van der Waals surface area contributed by atoms with Gasteiger partial charge in [0, 0.05) is 5.56 Å². The first-order valence-electron chi connectivity index (χ1n) is 8.03. The maximum Gasteiger partial charge on any atom is 0.248 e. The zero-order chi connectivity index (χ0) is 18.5. The Labute approximate surface area is 151 Å². The minimum atomic E-state index is -0.514. The van der Waals surface area contributed by atoms with Crippen LogP contribution in [0.2, 0.25) is 0 Å². The van der Waals surface area contributed by atoms with Crippen LogP contribution in [0.5, 0.6) is 0 Å². The lowest BCUT2D eigenvalue weighted by molar-refractivity contribution is 0.0999. The zero-order valence-electron chi connectivity index (χ0n) is 13.9. The fourth-order valence-corrected chi connectivity index (χ4v) is 2.94. The number of benzene rings is 3. The molecule has 0 aromatic heterocycles. The van der Waals surface area contributed by atoms with Crippen molar-refractivity contribution in [1.29, 1.82) is 10.5 Å². The molecule has 0 fully saturated rings. The van der Waals surface area contributed by atoms with E-state index in [4.69, 9.17) is 16.3 Å². The van der Waals surface area contributed by atoms with E-state index in [1.54, 1.807) is 30.3 Å². The van der Waals surface area contributed by atoms with Crippen LogP contribution in [0.3, 0.4) is 0 Å². The van der Waals surface area contributed by atoms with E-state index in [0.29, 0.717) is 23.1 Å². The van der Waals surface area contributed by atoms with Crippen LogP contribution in [-0.4, -0.2) is 5.91 Å². The molecule has 0 heterocycles. The molecule has 0 aliphatic heterocycles. The molecule has 3 rings (SSSR count). The molecule has 124 valence electrons. The molecular weight excluding hydrogens is 322 g/mol. The Hall–Kier alpha value is -3.89. The van der Waals surface area contributed by atoms with Crippen LogP contribution < -0.4 is 5.73 Å². The molecule has 0 radical (unpaired) electrons. The third-order valence-corrected chi connectivity index (χ3v) is 4.22. The molecule has 4 nitrogen and oxygen atoms in total. The van der Waals surface area contributed by atoms with E-state index >= 15 is 0 Å². The summed E-state index contributed by atoms with van der Waals surface area (Å²) in [6.07, 6.45) is 0.476. The van der Waals surface area contributed by atoms with Crippen molar-refractivity contribution >= 4 is 5.91 Å². The summed E-state index contributed by atoms with van der Waals surface area (Å²) in [5.74, 6) is -0.514. The quantitative estimate of drug-likeness (QED) is 0.785. The van der Waals surface area contributed by atoms with Gasteiger partial charge in [-0.25, -0.2) is 0 Å². The average Bonchev–Trinajstić information content (AvgIpc) is 2.68. The maximum atomic E-state index is 11.7. The summed E-state index contributed by atoms with van der Waals surface area (Å²) in [6, 6.07) is 24.3. The Morgan fingerprint density at radius 2 is 1.50 bits per heavy atom. The number of nitrogens with two attached hydrogens (primary N) is 1. The van der Waals surface area contributed by atoms with Gasteiger partial charge in [-0.15, -0.1) is 0 Å². The van der Waals surface area contributed by atoms with Crippen LogP contribution >= 0.6 is 0 Å². The number of hydrogen-bond donors (Lipinski definition) is 1. The molecule has 0 aliphatic rings. The third kappa shape index (κ3) is 3.45.